The highest BCUT2D eigenvalue weighted by atomic mass is 35.5. The van der Waals surface area contributed by atoms with E-state index in [9.17, 15) is 4.79 Å². The summed E-state index contributed by atoms with van der Waals surface area (Å²) in [5.74, 6) is 2.90. The number of halogens is 2. The third kappa shape index (κ3) is 4.48. The fraction of sp³-hybridized carbons (Fsp3) is 0.667. The molecule has 4 rings (SSSR count). The molecular formula is C21H28Cl2O3. The normalized spacial score (nSPS) is 26.1. The quantitative estimate of drug-likeness (QED) is 0.388. The smallest absolute Gasteiger partial charge is 0.305 e. The fourth-order valence-electron chi connectivity index (χ4n) is 4.70. The molecule has 5 heteroatoms. The maximum absolute atomic E-state index is 11.9. The molecule has 0 N–H and O–H groups in total. The zero-order chi connectivity index (χ0) is 18.7. The second-order valence-corrected chi connectivity index (χ2v) is 9.08. The van der Waals surface area contributed by atoms with Crippen molar-refractivity contribution in [3.63, 3.8) is 0 Å². The average Bonchev–Trinajstić information content (AvgIpc) is 2.60. The molecule has 26 heavy (non-hydrogen) atoms. The van der Waals surface area contributed by atoms with Crippen LogP contribution in [0.5, 0.6) is 5.75 Å². The molecule has 3 aliphatic rings. The van der Waals surface area contributed by atoms with Crippen molar-refractivity contribution >= 4 is 29.2 Å². The van der Waals surface area contributed by atoms with Crippen LogP contribution < -0.4 is 4.74 Å². The first-order valence-electron chi connectivity index (χ1n) is 9.61. The number of carbonyl (C=O) groups excluding carboxylic acids is 1. The van der Waals surface area contributed by atoms with Crippen LogP contribution in [0.15, 0.2) is 18.2 Å². The van der Waals surface area contributed by atoms with Gasteiger partial charge in [-0.25, -0.2) is 0 Å². The summed E-state index contributed by atoms with van der Waals surface area (Å²) in [6.07, 6.45) is 5.99. The summed E-state index contributed by atoms with van der Waals surface area (Å²) in [7, 11) is 0. The third-order valence-electron chi connectivity index (χ3n) is 6.43. The molecule has 1 aromatic rings. The van der Waals surface area contributed by atoms with Gasteiger partial charge in [0.05, 0.1) is 18.2 Å². The SMILES string of the molecule is CC1(C)[C@H]2CC[C@@H](CCOC(=O)CCCOc3ccc(Cl)cc3Cl)[C@@H]1C2. The predicted octanol–water partition coefficient (Wildman–Crippen LogP) is 6.16. The summed E-state index contributed by atoms with van der Waals surface area (Å²) in [5, 5.41) is 1.05. The molecule has 0 unspecified atom stereocenters. The Morgan fingerprint density at radius 1 is 1.23 bits per heavy atom. The molecule has 3 nitrogen and oxygen atoms in total. The molecular weight excluding hydrogens is 371 g/mol. The summed E-state index contributed by atoms with van der Waals surface area (Å²) in [6, 6.07) is 5.11. The molecule has 0 amide bonds. The highest BCUT2D eigenvalue weighted by Crippen LogP contribution is 2.61. The van der Waals surface area contributed by atoms with E-state index < -0.39 is 0 Å². The van der Waals surface area contributed by atoms with E-state index in [0.717, 1.165) is 24.2 Å². The number of carbonyl (C=O) groups is 1. The monoisotopic (exact) mass is 398 g/mol. The van der Waals surface area contributed by atoms with E-state index in [1.807, 2.05) is 0 Å². The maximum atomic E-state index is 11.9. The Hall–Kier alpha value is -0.930. The van der Waals surface area contributed by atoms with Gasteiger partial charge in [-0.1, -0.05) is 37.0 Å². The minimum Gasteiger partial charge on any atom is -0.492 e. The predicted molar refractivity (Wildman–Crippen MR) is 105 cm³/mol. The Kier molecular flexibility index (Phi) is 6.40. The van der Waals surface area contributed by atoms with Crippen LogP contribution in [0.3, 0.4) is 0 Å². The summed E-state index contributed by atoms with van der Waals surface area (Å²) >= 11 is 11.9. The summed E-state index contributed by atoms with van der Waals surface area (Å²) in [4.78, 5) is 11.9. The van der Waals surface area contributed by atoms with Gasteiger partial charge in [0.15, 0.2) is 0 Å². The Morgan fingerprint density at radius 2 is 2.04 bits per heavy atom. The van der Waals surface area contributed by atoms with Crippen molar-refractivity contribution in [3.8, 4) is 5.75 Å². The molecule has 3 fully saturated rings. The van der Waals surface area contributed by atoms with E-state index in [4.69, 9.17) is 32.7 Å². The van der Waals surface area contributed by atoms with Crippen molar-refractivity contribution in [3.05, 3.63) is 28.2 Å². The number of ether oxygens (including phenoxy) is 2. The van der Waals surface area contributed by atoms with Gasteiger partial charge in [-0.3, -0.25) is 4.79 Å². The van der Waals surface area contributed by atoms with Crippen molar-refractivity contribution < 1.29 is 14.3 Å². The van der Waals surface area contributed by atoms with Crippen LogP contribution in [-0.4, -0.2) is 19.2 Å². The lowest BCUT2D eigenvalue weighted by Crippen LogP contribution is -2.52. The number of fused-ring (bicyclic) bond motifs is 2. The molecule has 3 atom stereocenters. The minimum absolute atomic E-state index is 0.141. The van der Waals surface area contributed by atoms with E-state index in [2.05, 4.69) is 13.8 Å². The summed E-state index contributed by atoms with van der Waals surface area (Å²) < 4.78 is 11.0. The zero-order valence-electron chi connectivity index (χ0n) is 15.6. The third-order valence-corrected chi connectivity index (χ3v) is 6.96. The number of benzene rings is 1. The summed E-state index contributed by atoms with van der Waals surface area (Å²) in [5.41, 5.74) is 0.493. The van der Waals surface area contributed by atoms with E-state index in [0.29, 0.717) is 47.3 Å². The van der Waals surface area contributed by atoms with Crippen molar-refractivity contribution in [1.82, 2.24) is 0 Å². The lowest BCUT2D eigenvalue weighted by atomic mass is 9.45. The standard InChI is InChI=1S/C21H28Cl2O3/c1-21(2)15-6-5-14(17(21)12-15)9-11-26-20(24)4-3-10-25-19-8-7-16(22)13-18(19)23/h7-8,13-15,17H,3-6,9-12H2,1-2H3/t14-,15-,17-/m0/s1. The van der Waals surface area contributed by atoms with Crippen LogP contribution in [0.4, 0.5) is 0 Å². The Bertz CT molecular complexity index is 642. The van der Waals surface area contributed by atoms with Gasteiger partial charge in [-0.05, 0) is 73.5 Å². The number of esters is 1. The minimum atomic E-state index is -0.141. The lowest BCUT2D eigenvalue weighted by Gasteiger charge is -2.60. The Balaban J connectivity index is 1.29. The fourth-order valence-corrected chi connectivity index (χ4v) is 5.16. The van der Waals surface area contributed by atoms with E-state index in [1.165, 1.54) is 19.3 Å². The van der Waals surface area contributed by atoms with E-state index >= 15 is 0 Å². The molecule has 144 valence electrons. The first-order chi connectivity index (χ1) is 12.4. The average molecular weight is 399 g/mol. The largest absolute Gasteiger partial charge is 0.492 e. The van der Waals surface area contributed by atoms with Crippen LogP contribution >= 0.6 is 23.2 Å². The highest BCUT2D eigenvalue weighted by molar-refractivity contribution is 6.35. The molecule has 0 saturated heterocycles. The van der Waals surface area contributed by atoms with E-state index in [1.54, 1.807) is 18.2 Å². The van der Waals surface area contributed by atoms with Crippen molar-refractivity contribution in [2.24, 2.45) is 23.2 Å². The van der Waals surface area contributed by atoms with Crippen LogP contribution in [-0.2, 0) is 9.53 Å². The molecule has 0 aliphatic heterocycles. The summed E-state index contributed by atoms with van der Waals surface area (Å²) in [6.45, 7) is 5.77. The van der Waals surface area contributed by atoms with Crippen LogP contribution in [0.1, 0.15) is 52.4 Å². The molecule has 1 aromatic carbocycles. The van der Waals surface area contributed by atoms with Gasteiger partial charge >= 0.3 is 5.97 Å². The zero-order valence-corrected chi connectivity index (χ0v) is 17.1. The second-order valence-electron chi connectivity index (χ2n) is 8.23. The highest BCUT2D eigenvalue weighted by Gasteiger charge is 2.53. The molecule has 3 aliphatic carbocycles. The van der Waals surface area contributed by atoms with Gasteiger partial charge in [0.1, 0.15) is 5.75 Å². The van der Waals surface area contributed by atoms with Crippen molar-refractivity contribution in [2.45, 2.75) is 52.4 Å². The Morgan fingerprint density at radius 3 is 2.73 bits per heavy atom. The van der Waals surface area contributed by atoms with Crippen LogP contribution in [0.2, 0.25) is 10.0 Å². The van der Waals surface area contributed by atoms with Gasteiger partial charge < -0.3 is 9.47 Å². The molecule has 0 spiro atoms. The van der Waals surface area contributed by atoms with Crippen molar-refractivity contribution in [2.75, 3.05) is 13.2 Å². The van der Waals surface area contributed by atoms with Gasteiger partial charge in [0.25, 0.3) is 0 Å². The molecule has 0 heterocycles. The first-order valence-corrected chi connectivity index (χ1v) is 10.4. The second kappa shape index (κ2) is 8.39. The molecule has 0 radical (unpaired) electrons. The first kappa shape index (κ1) is 19.8. The molecule has 3 saturated carbocycles. The number of rotatable bonds is 8. The molecule has 0 aromatic heterocycles. The van der Waals surface area contributed by atoms with Crippen LogP contribution in [0, 0.1) is 23.2 Å². The van der Waals surface area contributed by atoms with E-state index in [-0.39, 0.29) is 5.97 Å². The van der Waals surface area contributed by atoms with Gasteiger partial charge in [0.2, 0.25) is 0 Å². The topological polar surface area (TPSA) is 35.5 Å². The lowest BCUT2D eigenvalue weighted by molar-refractivity contribution is -0.146. The van der Waals surface area contributed by atoms with Gasteiger partial charge in [-0.2, -0.15) is 0 Å². The van der Waals surface area contributed by atoms with Crippen LogP contribution in [0.25, 0.3) is 0 Å². The van der Waals surface area contributed by atoms with Gasteiger partial charge in [0, 0.05) is 11.4 Å². The molecule has 2 bridgehead atoms. The number of hydrogen-bond acceptors (Lipinski definition) is 3. The Labute approximate surface area is 166 Å². The maximum Gasteiger partial charge on any atom is 0.305 e. The number of hydrogen-bond donors (Lipinski definition) is 0. The van der Waals surface area contributed by atoms with Gasteiger partial charge in [-0.15, -0.1) is 0 Å². The van der Waals surface area contributed by atoms with Crippen molar-refractivity contribution in [1.29, 1.82) is 0 Å².